The first-order valence-corrected chi connectivity index (χ1v) is 8.13. The summed E-state index contributed by atoms with van der Waals surface area (Å²) in [4.78, 5) is 17.4. The number of anilines is 1. The summed E-state index contributed by atoms with van der Waals surface area (Å²) in [5.41, 5.74) is 4.25. The van der Waals surface area contributed by atoms with Gasteiger partial charge in [-0.3, -0.25) is 9.20 Å². The SMILES string of the molecule is Cc1ccc(C(=O)Nc2c(-c3ccccc3)nc3ccccn23)cc1. The fourth-order valence-electron chi connectivity index (χ4n) is 2.80. The van der Waals surface area contributed by atoms with Crippen LogP contribution in [-0.2, 0) is 0 Å². The highest BCUT2D eigenvalue weighted by atomic mass is 16.1. The van der Waals surface area contributed by atoms with Crippen molar-refractivity contribution < 1.29 is 4.79 Å². The highest BCUT2D eigenvalue weighted by Crippen LogP contribution is 2.28. The highest BCUT2D eigenvalue weighted by Gasteiger charge is 2.16. The van der Waals surface area contributed by atoms with Crippen molar-refractivity contribution in [2.24, 2.45) is 0 Å². The van der Waals surface area contributed by atoms with Gasteiger partial charge in [-0.25, -0.2) is 4.98 Å². The number of nitrogens with one attached hydrogen (secondary N) is 1. The van der Waals surface area contributed by atoms with Gasteiger partial charge in [0, 0.05) is 17.3 Å². The number of imidazole rings is 1. The third kappa shape index (κ3) is 2.90. The molecular formula is C21H17N3O. The molecule has 0 radical (unpaired) electrons. The Balaban J connectivity index is 1.80. The molecule has 2 aromatic carbocycles. The number of hydrogen-bond acceptors (Lipinski definition) is 2. The number of aromatic nitrogens is 2. The van der Waals surface area contributed by atoms with E-state index in [0.717, 1.165) is 22.5 Å². The van der Waals surface area contributed by atoms with Crippen LogP contribution in [0.5, 0.6) is 0 Å². The fourth-order valence-corrected chi connectivity index (χ4v) is 2.80. The van der Waals surface area contributed by atoms with Crippen LogP contribution in [0.15, 0.2) is 79.0 Å². The van der Waals surface area contributed by atoms with Gasteiger partial charge in [-0.15, -0.1) is 0 Å². The molecule has 0 unspecified atom stereocenters. The first-order valence-electron chi connectivity index (χ1n) is 8.13. The molecule has 1 N–H and O–H groups in total. The average molecular weight is 327 g/mol. The molecule has 0 aliphatic carbocycles. The van der Waals surface area contributed by atoms with Gasteiger partial charge in [-0.2, -0.15) is 0 Å². The largest absolute Gasteiger partial charge is 0.306 e. The Morgan fingerprint density at radius 3 is 2.40 bits per heavy atom. The van der Waals surface area contributed by atoms with E-state index in [2.05, 4.69) is 5.32 Å². The summed E-state index contributed by atoms with van der Waals surface area (Å²) >= 11 is 0. The number of amides is 1. The number of nitrogens with zero attached hydrogens (tertiary/aromatic N) is 2. The van der Waals surface area contributed by atoms with Crippen LogP contribution in [0.25, 0.3) is 16.9 Å². The molecule has 0 saturated carbocycles. The summed E-state index contributed by atoms with van der Waals surface area (Å²) in [6.07, 6.45) is 1.90. The molecule has 1 amide bonds. The molecular weight excluding hydrogens is 310 g/mol. The van der Waals surface area contributed by atoms with E-state index in [9.17, 15) is 4.79 Å². The maximum Gasteiger partial charge on any atom is 0.256 e. The Labute approximate surface area is 145 Å². The van der Waals surface area contributed by atoms with Crippen molar-refractivity contribution in [2.45, 2.75) is 6.92 Å². The number of aryl methyl sites for hydroxylation is 1. The number of rotatable bonds is 3. The normalized spacial score (nSPS) is 10.8. The zero-order chi connectivity index (χ0) is 17.2. The van der Waals surface area contributed by atoms with Crippen molar-refractivity contribution >= 4 is 17.4 Å². The molecule has 4 rings (SSSR count). The molecule has 4 heteroatoms. The van der Waals surface area contributed by atoms with Crippen LogP contribution >= 0.6 is 0 Å². The molecule has 0 spiro atoms. The molecule has 4 nitrogen and oxygen atoms in total. The lowest BCUT2D eigenvalue weighted by Crippen LogP contribution is -2.14. The van der Waals surface area contributed by atoms with E-state index < -0.39 is 0 Å². The van der Waals surface area contributed by atoms with Crippen molar-refractivity contribution in [3.63, 3.8) is 0 Å². The number of carbonyl (C=O) groups is 1. The summed E-state index contributed by atoms with van der Waals surface area (Å²) in [6, 6.07) is 23.2. The molecule has 0 aliphatic heterocycles. The lowest BCUT2D eigenvalue weighted by molar-refractivity contribution is 0.102. The summed E-state index contributed by atoms with van der Waals surface area (Å²) in [5, 5.41) is 3.03. The maximum atomic E-state index is 12.7. The third-order valence-corrected chi connectivity index (χ3v) is 4.12. The van der Waals surface area contributed by atoms with Gasteiger partial charge in [0.2, 0.25) is 0 Å². The Morgan fingerprint density at radius 1 is 0.920 bits per heavy atom. The first kappa shape index (κ1) is 15.1. The van der Waals surface area contributed by atoms with Crippen LogP contribution < -0.4 is 5.32 Å². The molecule has 0 atom stereocenters. The van der Waals surface area contributed by atoms with Crippen molar-refractivity contribution in [2.75, 3.05) is 5.32 Å². The first-order chi connectivity index (χ1) is 12.2. The number of benzene rings is 2. The lowest BCUT2D eigenvalue weighted by Gasteiger charge is -2.08. The molecule has 25 heavy (non-hydrogen) atoms. The van der Waals surface area contributed by atoms with Crippen molar-refractivity contribution in [3.05, 3.63) is 90.1 Å². The van der Waals surface area contributed by atoms with Crippen LogP contribution in [0.4, 0.5) is 5.82 Å². The Kier molecular flexibility index (Phi) is 3.78. The van der Waals surface area contributed by atoms with Gasteiger partial charge in [0.15, 0.2) is 0 Å². The summed E-state index contributed by atoms with van der Waals surface area (Å²) in [6.45, 7) is 2.00. The zero-order valence-electron chi connectivity index (χ0n) is 13.8. The van der Waals surface area contributed by atoms with E-state index in [1.165, 1.54) is 0 Å². The van der Waals surface area contributed by atoms with Gasteiger partial charge in [0.1, 0.15) is 17.2 Å². The van der Waals surface area contributed by atoms with E-state index in [1.807, 2.05) is 90.3 Å². The van der Waals surface area contributed by atoms with Crippen LogP contribution in [-0.4, -0.2) is 15.3 Å². The summed E-state index contributed by atoms with van der Waals surface area (Å²) < 4.78 is 1.90. The van der Waals surface area contributed by atoms with E-state index in [0.29, 0.717) is 11.4 Å². The Morgan fingerprint density at radius 2 is 1.64 bits per heavy atom. The lowest BCUT2D eigenvalue weighted by atomic mass is 10.1. The molecule has 2 aromatic heterocycles. The second-order valence-electron chi connectivity index (χ2n) is 5.92. The van der Waals surface area contributed by atoms with E-state index in [1.54, 1.807) is 0 Å². The van der Waals surface area contributed by atoms with Crippen molar-refractivity contribution in [3.8, 4) is 11.3 Å². The molecule has 0 fully saturated rings. The second-order valence-corrected chi connectivity index (χ2v) is 5.92. The molecule has 0 aliphatic rings. The van der Waals surface area contributed by atoms with Crippen molar-refractivity contribution in [1.29, 1.82) is 0 Å². The molecule has 122 valence electrons. The minimum absolute atomic E-state index is 0.150. The maximum absolute atomic E-state index is 12.7. The van der Waals surface area contributed by atoms with Gasteiger partial charge < -0.3 is 5.32 Å². The third-order valence-electron chi connectivity index (χ3n) is 4.12. The standard InChI is InChI=1S/C21H17N3O/c1-15-10-12-17(13-11-15)21(25)23-20-19(16-7-3-2-4-8-16)22-18-9-5-6-14-24(18)20/h2-14H,1H3,(H,23,25). The van der Waals surface area contributed by atoms with E-state index in [-0.39, 0.29) is 5.91 Å². The van der Waals surface area contributed by atoms with Crippen LogP contribution in [0.1, 0.15) is 15.9 Å². The van der Waals surface area contributed by atoms with Crippen LogP contribution in [0.3, 0.4) is 0 Å². The van der Waals surface area contributed by atoms with E-state index >= 15 is 0 Å². The molecule has 2 heterocycles. The molecule has 4 aromatic rings. The Hall–Kier alpha value is -3.40. The van der Waals surface area contributed by atoms with Gasteiger partial charge in [-0.05, 0) is 31.2 Å². The predicted octanol–water partition coefficient (Wildman–Crippen LogP) is 4.56. The fraction of sp³-hybridized carbons (Fsp3) is 0.0476. The van der Waals surface area contributed by atoms with E-state index in [4.69, 9.17) is 4.98 Å². The van der Waals surface area contributed by atoms with Gasteiger partial charge >= 0.3 is 0 Å². The number of fused-ring (bicyclic) bond motifs is 1. The molecule has 0 bridgehead atoms. The van der Waals surface area contributed by atoms with Crippen LogP contribution in [0.2, 0.25) is 0 Å². The van der Waals surface area contributed by atoms with Gasteiger partial charge in [0.05, 0.1) is 0 Å². The number of pyridine rings is 1. The summed E-state index contributed by atoms with van der Waals surface area (Å²) in [7, 11) is 0. The smallest absolute Gasteiger partial charge is 0.256 e. The molecule has 0 saturated heterocycles. The Bertz CT molecular complexity index is 1030. The number of hydrogen-bond donors (Lipinski definition) is 1. The monoisotopic (exact) mass is 327 g/mol. The topological polar surface area (TPSA) is 46.4 Å². The highest BCUT2D eigenvalue weighted by molar-refractivity contribution is 6.05. The predicted molar refractivity (Wildman–Crippen MR) is 99.8 cm³/mol. The minimum Gasteiger partial charge on any atom is -0.306 e. The summed E-state index contributed by atoms with van der Waals surface area (Å²) in [5.74, 6) is 0.523. The second kappa shape index (κ2) is 6.24. The van der Waals surface area contributed by atoms with Crippen LogP contribution in [0, 0.1) is 6.92 Å². The van der Waals surface area contributed by atoms with Gasteiger partial charge in [0.25, 0.3) is 5.91 Å². The van der Waals surface area contributed by atoms with Gasteiger partial charge in [-0.1, -0.05) is 54.1 Å². The zero-order valence-corrected chi connectivity index (χ0v) is 13.8. The number of carbonyl (C=O) groups excluding carboxylic acids is 1. The minimum atomic E-state index is -0.150. The van der Waals surface area contributed by atoms with Crippen molar-refractivity contribution in [1.82, 2.24) is 9.38 Å². The average Bonchev–Trinajstić information content (AvgIpc) is 3.02. The quantitative estimate of drug-likeness (QED) is 0.599.